The van der Waals surface area contributed by atoms with Crippen molar-refractivity contribution in [2.75, 3.05) is 0 Å². The van der Waals surface area contributed by atoms with E-state index >= 15 is 0 Å². The second-order valence-electron chi connectivity index (χ2n) is 17.8. The Kier molecular flexibility index (Phi) is 15.5. The van der Waals surface area contributed by atoms with E-state index in [1.807, 2.05) is 91.3 Å². The van der Waals surface area contributed by atoms with Crippen LogP contribution in [-0.4, -0.2) is 15.0 Å². The summed E-state index contributed by atoms with van der Waals surface area (Å²) in [6.45, 7) is 13.5. The van der Waals surface area contributed by atoms with Crippen LogP contribution in [-0.2, 0) is 20.1 Å². The van der Waals surface area contributed by atoms with Gasteiger partial charge in [-0.3, -0.25) is 9.97 Å². The molecule has 0 saturated carbocycles. The van der Waals surface area contributed by atoms with Crippen LogP contribution in [0.3, 0.4) is 0 Å². The van der Waals surface area contributed by atoms with Gasteiger partial charge >= 0.3 is 20.1 Å². The molecule has 3 nitrogen and oxygen atoms in total. The van der Waals surface area contributed by atoms with Crippen molar-refractivity contribution in [1.29, 1.82) is 0 Å². The molecule has 0 spiro atoms. The van der Waals surface area contributed by atoms with Crippen LogP contribution in [0, 0.1) is 32.0 Å². The maximum absolute atomic E-state index is 5.05. The number of pyridine rings is 3. The number of nitrogens with zero attached hydrogens (tertiary/aromatic N) is 3. The Bertz CT molecular complexity index is 3100. The Morgan fingerprint density at radius 3 is 1.22 bits per heavy atom. The summed E-state index contributed by atoms with van der Waals surface area (Å²) in [7, 11) is 0. The fraction of sp³-hybridized carbons (Fsp3) is 0.123. The van der Waals surface area contributed by atoms with Gasteiger partial charge in [0.2, 0.25) is 0 Å². The topological polar surface area (TPSA) is 38.7 Å². The molecule has 3 heterocycles. The molecule has 0 amide bonds. The van der Waals surface area contributed by atoms with Gasteiger partial charge in [-0.15, -0.1) is 89.0 Å². The van der Waals surface area contributed by atoms with Gasteiger partial charge in [-0.1, -0.05) is 192 Å². The minimum Gasteiger partial charge on any atom is -0.345 e. The number of hydrogen-bond acceptors (Lipinski definition) is 3. The summed E-state index contributed by atoms with van der Waals surface area (Å²) < 4.78 is 0. The van der Waals surface area contributed by atoms with Crippen LogP contribution in [0.25, 0.3) is 89.5 Å². The molecule has 10 rings (SSSR count). The van der Waals surface area contributed by atoms with Crippen molar-refractivity contribution in [3.05, 3.63) is 247 Å². The molecule has 4 heteroatoms. The fourth-order valence-corrected chi connectivity index (χ4v) is 9.06. The third kappa shape index (κ3) is 10.8. The number of hydrogen-bond donors (Lipinski definition) is 0. The molecule has 338 valence electrons. The zero-order chi connectivity index (χ0) is 47.0. The van der Waals surface area contributed by atoms with Crippen LogP contribution in [0.1, 0.15) is 61.8 Å². The van der Waals surface area contributed by atoms with E-state index in [1.54, 1.807) is 0 Å². The van der Waals surface area contributed by atoms with E-state index < -0.39 is 0 Å². The van der Waals surface area contributed by atoms with E-state index in [-0.39, 0.29) is 20.1 Å². The summed E-state index contributed by atoms with van der Waals surface area (Å²) in [5, 5.41) is 0. The molecule has 0 radical (unpaired) electrons. The maximum Gasteiger partial charge on any atom is 3.00 e. The Labute approximate surface area is 422 Å². The van der Waals surface area contributed by atoms with Crippen molar-refractivity contribution < 1.29 is 20.1 Å². The number of aromatic nitrogens is 3. The number of rotatable bonds is 10. The van der Waals surface area contributed by atoms with Crippen LogP contribution < -0.4 is 0 Å². The summed E-state index contributed by atoms with van der Waals surface area (Å²) in [6.07, 6.45) is 3.66. The Morgan fingerprint density at radius 2 is 0.797 bits per heavy atom. The van der Waals surface area contributed by atoms with Crippen molar-refractivity contribution in [2.45, 2.75) is 53.4 Å². The molecule has 7 aromatic carbocycles. The molecular formula is C65H54IrN3. The third-order valence-electron chi connectivity index (χ3n) is 12.5. The fourth-order valence-electron chi connectivity index (χ4n) is 9.06. The second-order valence-corrected chi connectivity index (χ2v) is 17.8. The van der Waals surface area contributed by atoms with E-state index in [1.165, 1.54) is 66.8 Å². The van der Waals surface area contributed by atoms with Crippen LogP contribution in [0.2, 0.25) is 0 Å². The molecule has 3 aromatic heterocycles. The molecular weight excluding hydrogens is 1010 g/mol. The number of benzene rings is 7. The SMILES string of the molecule is CC(C)c1cc(-c2ccccc2)cc(C(C)C)c1-c1cc(-c2[c-]cccc2)nc(-c2[c-]cccc2)c1.Cc1c(-c2ccccn2)[c-]c(-c2ccccn2)c(C)c1-c1ccc(-c2ccccc2)cc1.[Ir+3]. The van der Waals surface area contributed by atoms with Gasteiger partial charge in [-0.2, -0.15) is 0 Å². The summed E-state index contributed by atoms with van der Waals surface area (Å²) in [4.78, 5) is 14.3. The molecule has 0 aliphatic heterocycles. The van der Waals surface area contributed by atoms with Gasteiger partial charge in [0.25, 0.3) is 0 Å². The van der Waals surface area contributed by atoms with E-state index in [9.17, 15) is 0 Å². The van der Waals surface area contributed by atoms with Gasteiger partial charge in [-0.25, -0.2) is 0 Å². The Morgan fingerprint density at radius 1 is 0.377 bits per heavy atom. The van der Waals surface area contributed by atoms with Crippen molar-refractivity contribution in [3.8, 4) is 89.5 Å². The van der Waals surface area contributed by atoms with Crippen LogP contribution in [0.15, 0.2) is 207 Å². The molecule has 0 atom stereocenters. The molecule has 69 heavy (non-hydrogen) atoms. The normalized spacial score (nSPS) is 10.9. The van der Waals surface area contributed by atoms with Crippen molar-refractivity contribution in [3.63, 3.8) is 0 Å². The summed E-state index contributed by atoms with van der Waals surface area (Å²) in [6, 6.07) is 77.7. The Hall–Kier alpha value is -7.36. The first kappa shape index (κ1) is 48.1. The first-order valence-electron chi connectivity index (χ1n) is 23.5. The predicted molar refractivity (Wildman–Crippen MR) is 284 cm³/mol. The summed E-state index contributed by atoms with van der Waals surface area (Å²) in [5.41, 5.74) is 22.6. The Balaban J connectivity index is 0.000000185. The smallest absolute Gasteiger partial charge is 0.345 e. The molecule has 0 bridgehead atoms. The molecule has 0 fully saturated rings. The first-order chi connectivity index (χ1) is 33.2. The van der Waals surface area contributed by atoms with E-state index in [4.69, 9.17) is 4.98 Å². The first-order valence-corrected chi connectivity index (χ1v) is 23.5. The van der Waals surface area contributed by atoms with Gasteiger partial charge in [0, 0.05) is 23.8 Å². The van der Waals surface area contributed by atoms with Crippen molar-refractivity contribution >= 4 is 0 Å². The second kappa shape index (κ2) is 22.2. The molecule has 10 aromatic rings. The van der Waals surface area contributed by atoms with Crippen LogP contribution >= 0.6 is 0 Å². The molecule has 0 unspecified atom stereocenters. The third-order valence-corrected chi connectivity index (χ3v) is 12.5. The van der Waals surface area contributed by atoms with Crippen LogP contribution in [0.5, 0.6) is 0 Å². The average molecular weight is 1070 g/mol. The molecule has 0 saturated heterocycles. The largest absolute Gasteiger partial charge is 3.00 e. The minimum atomic E-state index is 0. The maximum atomic E-state index is 5.05. The van der Waals surface area contributed by atoms with Gasteiger partial charge in [0.1, 0.15) is 0 Å². The van der Waals surface area contributed by atoms with Gasteiger partial charge in [0.15, 0.2) is 0 Å². The van der Waals surface area contributed by atoms with E-state index in [0.29, 0.717) is 11.8 Å². The molecule has 0 N–H and O–H groups in total. The quantitative estimate of drug-likeness (QED) is 0.128. The average Bonchev–Trinajstić information content (AvgIpc) is 3.40. The standard InChI is InChI=1S/C35H31N.C30H23N2.Ir/c1-24(2)31-20-29(26-14-8-5-9-15-26)21-32(25(3)4)35(31)30-22-33(27-16-10-6-11-17-27)36-34(23-30)28-18-12-7-13-19-28;1-21-26(28-12-6-8-18-31-28)20-27(29-13-7-9-19-32-29)22(2)30(21)25-16-14-24(15-17-25)23-10-4-3-5-11-23;/h5-16,18,20-25H,1-4H3;3-19H,1-2H3;/q-2;-1;+3. The van der Waals surface area contributed by atoms with Crippen molar-refractivity contribution in [1.82, 2.24) is 15.0 Å². The summed E-state index contributed by atoms with van der Waals surface area (Å²) >= 11 is 0. The minimum absolute atomic E-state index is 0. The predicted octanol–water partition coefficient (Wildman–Crippen LogP) is 17.2. The van der Waals surface area contributed by atoms with Gasteiger partial charge < -0.3 is 4.98 Å². The monoisotopic (exact) mass is 1070 g/mol. The molecule has 0 aliphatic carbocycles. The van der Waals surface area contributed by atoms with Crippen molar-refractivity contribution in [2.24, 2.45) is 0 Å². The zero-order valence-electron chi connectivity index (χ0n) is 40.0. The molecule has 0 aliphatic rings. The van der Waals surface area contributed by atoms with Gasteiger partial charge in [-0.05, 0) is 85.4 Å². The zero-order valence-corrected chi connectivity index (χ0v) is 42.4. The van der Waals surface area contributed by atoms with Gasteiger partial charge in [0.05, 0.1) is 0 Å². The summed E-state index contributed by atoms with van der Waals surface area (Å²) in [5.74, 6) is 0.737. The van der Waals surface area contributed by atoms with E-state index in [2.05, 4.69) is 185 Å². The van der Waals surface area contributed by atoms with E-state index in [0.717, 1.165) is 45.0 Å². The van der Waals surface area contributed by atoms with Crippen LogP contribution in [0.4, 0.5) is 0 Å².